The summed E-state index contributed by atoms with van der Waals surface area (Å²) in [7, 11) is 3.33. The highest BCUT2D eigenvalue weighted by atomic mass is 32.2. The number of thiophene rings is 1. The van der Waals surface area contributed by atoms with Crippen molar-refractivity contribution in [2.24, 2.45) is 13.0 Å². The Morgan fingerprint density at radius 2 is 1.85 bits per heavy atom. The van der Waals surface area contributed by atoms with Crippen LogP contribution in [0, 0.1) is 5.92 Å². The molecule has 2 aromatic carbocycles. The van der Waals surface area contributed by atoms with Gasteiger partial charge in [-0.15, -0.1) is 11.3 Å². The van der Waals surface area contributed by atoms with Crippen LogP contribution in [0.1, 0.15) is 25.5 Å². The molecule has 176 valence electrons. The van der Waals surface area contributed by atoms with Gasteiger partial charge in [0.25, 0.3) is 5.56 Å². The molecule has 0 saturated heterocycles. The van der Waals surface area contributed by atoms with E-state index in [1.54, 1.807) is 14.2 Å². The first-order valence-corrected chi connectivity index (χ1v) is 12.8. The lowest BCUT2D eigenvalue weighted by molar-refractivity contribution is -0.119. The molecule has 0 fully saturated rings. The molecule has 4 aromatic rings. The zero-order chi connectivity index (χ0) is 24.2. The fraction of sp³-hybridized carbons (Fsp3) is 0.269. The van der Waals surface area contributed by atoms with Gasteiger partial charge >= 0.3 is 0 Å². The molecular formula is C26H27N3O3S2. The molecule has 0 aliphatic heterocycles. The number of thioether (sulfide) groups is 1. The summed E-state index contributed by atoms with van der Waals surface area (Å²) < 4.78 is 6.76. The topological polar surface area (TPSA) is 73.2 Å². The van der Waals surface area contributed by atoms with Crippen molar-refractivity contribution in [2.75, 3.05) is 12.9 Å². The lowest BCUT2D eigenvalue weighted by atomic mass is 9.96. The Labute approximate surface area is 207 Å². The number of methoxy groups -OCH3 is 1. The first-order chi connectivity index (χ1) is 16.4. The van der Waals surface area contributed by atoms with Crippen LogP contribution in [-0.2, 0) is 11.8 Å². The van der Waals surface area contributed by atoms with Crippen LogP contribution in [0.3, 0.4) is 0 Å². The number of hydrogen-bond donors (Lipinski definition) is 1. The lowest BCUT2D eigenvalue weighted by Crippen LogP contribution is -2.33. The van der Waals surface area contributed by atoms with Crippen molar-refractivity contribution in [1.82, 2.24) is 14.9 Å². The highest BCUT2D eigenvalue weighted by Crippen LogP contribution is 2.32. The predicted octanol–water partition coefficient (Wildman–Crippen LogP) is 5.28. The second kappa shape index (κ2) is 10.4. The van der Waals surface area contributed by atoms with Crippen LogP contribution in [0.2, 0.25) is 0 Å². The van der Waals surface area contributed by atoms with Gasteiger partial charge in [0.15, 0.2) is 5.16 Å². The van der Waals surface area contributed by atoms with E-state index in [4.69, 9.17) is 9.72 Å². The van der Waals surface area contributed by atoms with Crippen LogP contribution in [-0.4, -0.2) is 28.3 Å². The minimum absolute atomic E-state index is 0.105. The van der Waals surface area contributed by atoms with Gasteiger partial charge in [0.1, 0.15) is 10.6 Å². The fourth-order valence-corrected chi connectivity index (χ4v) is 5.58. The van der Waals surface area contributed by atoms with Crippen LogP contribution in [0.15, 0.2) is 69.9 Å². The molecule has 0 saturated carbocycles. The average molecular weight is 494 g/mol. The van der Waals surface area contributed by atoms with Gasteiger partial charge in [0.05, 0.1) is 24.3 Å². The Bertz CT molecular complexity index is 1350. The summed E-state index contributed by atoms with van der Waals surface area (Å²) in [5, 5.41) is 6.24. The molecule has 1 atom stereocenters. The largest absolute Gasteiger partial charge is 0.497 e. The van der Waals surface area contributed by atoms with Gasteiger partial charge in [-0.2, -0.15) is 0 Å². The predicted molar refractivity (Wildman–Crippen MR) is 140 cm³/mol. The quantitative estimate of drug-likeness (QED) is 0.267. The Balaban J connectivity index is 1.51. The van der Waals surface area contributed by atoms with Crippen molar-refractivity contribution in [3.8, 4) is 16.9 Å². The van der Waals surface area contributed by atoms with Crippen LogP contribution in [0.5, 0.6) is 5.75 Å². The van der Waals surface area contributed by atoms with Gasteiger partial charge in [-0.1, -0.05) is 68.1 Å². The van der Waals surface area contributed by atoms with E-state index >= 15 is 0 Å². The van der Waals surface area contributed by atoms with Gasteiger partial charge in [0, 0.05) is 18.0 Å². The number of fused-ring (bicyclic) bond motifs is 1. The molecular weight excluding hydrogens is 466 g/mol. The summed E-state index contributed by atoms with van der Waals surface area (Å²) in [4.78, 5) is 31.3. The number of carbonyl (C=O) groups excluding carboxylic acids is 1. The number of amides is 1. The summed E-state index contributed by atoms with van der Waals surface area (Å²) >= 11 is 2.72. The smallest absolute Gasteiger partial charge is 0.263 e. The van der Waals surface area contributed by atoms with E-state index in [-0.39, 0.29) is 29.2 Å². The molecule has 8 heteroatoms. The highest BCUT2D eigenvalue weighted by molar-refractivity contribution is 7.99. The molecule has 1 amide bonds. The number of nitrogens with zero attached hydrogens (tertiary/aromatic N) is 2. The SMILES string of the molecule is COc1ccc([C@@H](NC(=O)CSc2nc3scc(-c4ccccc4)c3c(=O)n2C)C(C)C)cc1. The minimum atomic E-state index is -0.121. The molecule has 0 bridgehead atoms. The fourth-order valence-electron chi connectivity index (χ4n) is 3.80. The van der Waals surface area contributed by atoms with Gasteiger partial charge in [-0.3, -0.25) is 14.2 Å². The average Bonchev–Trinajstić information content (AvgIpc) is 3.28. The number of carbonyl (C=O) groups is 1. The Morgan fingerprint density at radius 1 is 1.15 bits per heavy atom. The molecule has 0 spiro atoms. The van der Waals surface area contributed by atoms with E-state index in [2.05, 4.69) is 19.2 Å². The summed E-state index contributed by atoms with van der Waals surface area (Å²) in [6, 6.07) is 17.4. The number of hydrogen-bond acceptors (Lipinski definition) is 6. The zero-order valence-electron chi connectivity index (χ0n) is 19.6. The second-order valence-corrected chi connectivity index (χ2v) is 10.1. The minimum Gasteiger partial charge on any atom is -0.497 e. The number of rotatable bonds is 8. The Kier molecular flexibility index (Phi) is 7.38. The second-order valence-electron chi connectivity index (χ2n) is 8.31. The van der Waals surface area contributed by atoms with Crippen molar-refractivity contribution >= 4 is 39.2 Å². The third-order valence-corrected chi connectivity index (χ3v) is 7.55. The lowest BCUT2D eigenvalue weighted by Gasteiger charge is -2.23. The van der Waals surface area contributed by atoms with E-state index in [1.165, 1.54) is 27.7 Å². The van der Waals surface area contributed by atoms with Crippen LogP contribution >= 0.6 is 23.1 Å². The summed E-state index contributed by atoms with van der Waals surface area (Å²) in [6.07, 6.45) is 0. The molecule has 0 aliphatic carbocycles. The third-order valence-electron chi connectivity index (χ3n) is 5.65. The van der Waals surface area contributed by atoms with E-state index < -0.39 is 0 Å². The third kappa shape index (κ3) is 5.03. The van der Waals surface area contributed by atoms with E-state index in [0.29, 0.717) is 15.4 Å². The first-order valence-electron chi connectivity index (χ1n) is 11.0. The van der Waals surface area contributed by atoms with Crippen molar-refractivity contribution < 1.29 is 9.53 Å². The van der Waals surface area contributed by atoms with Gasteiger partial charge in [-0.25, -0.2) is 4.98 Å². The molecule has 1 N–H and O–H groups in total. The first kappa shape index (κ1) is 24.0. The number of nitrogens with one attached hydrogen (secondary N) is 1. The van der Waals surface area contributed by atoms with Crippen molar-refractivity contribution in [3.63, 3.8) is 0 Å². The van der Waals surface area contributed by atoms with Crippen molar-refractivity contribution in [3.05, 3.63) is 75.9 Å². The maximum absolute atomic E-state index is 13.2. The summed E-state index contributed by atoms with van der Waals surface area (Å²) in [6.45, 7) is 4.14. The molecule has 34 heavy (non-hydrogen) atoms. The molecule has 0 radical (unpaired) electrons. The van der Waals surface area contributed by atoms with E-state index in [9.17, 15) is 9.59 Å². The van der Waals surface area contributed by atoms with Crippen LogP contribution < -0.4 is 15.6 Å². The maximum atomic E-state index is 13.2. The molecule has 0 unspecified atom stereocenters. The Morgan fingerprint density at radius 3 is 2.50 bits per heavy atom. The van der Waals surface area contributed by atoms with Crippen LogP contribution in [0.25, 0.3) is 21.3 Å². The number of benzene rings is 2. The number of aromatic nitrogens is 2. The van der Waals surface area contributed by atoms with Gasteiger partial charge in [-0.05, 0) is 29.2 Å². The zero-order valence-corrected chi connectivity index (χ0v) is 21.2. The molecule has 2 aromatic heterocycles. The van der Waals surface area contributed by atoms with E-state index in [0.717, 1.165) is 22.4 Å². The molecule has 4 rings (SSSR count). The van der Waals surface area contributed by atoms with Crippen LogP contribution in [0.4, 0.5) is 0 Å². The van der Waals surface area contributed by atoms with Gasteiger partial charge in [0.2, 0.25) is 5.91 Å². The molecule has 0 aliphatic rings. The van der Waals surface area contributed by atoms with Crippen molar-refractivity contribution in [1.29, 1.82) is 0 Å². The monoisotopic (exact) mass is 493 g/mol. The van der Waals surface area contributed by atoms with E-state index in [1.807, 2.05) is 60.0 Å². The molecule has 2 heterocycles. The maximum Gasteiger partial charge on any atom is 0.263 e. The number of ether oxygens (including phenoxy) is 1. The Hall–Kier alpha value is -3.10. The normalized spacial score (nSPS) is 12.1. The standard InChI is InChI=1S/C26H27N3O3S2/c1-16(2)23(18-10-12-19(32-4)13-11-18)27-21(30)15-34-26-28-24-22(25(31)29(26)3)20(14-33-24)17-8-6-5-7-9-17/h5-14,16,23H,15H2,1-4H3,(H,27,30)/t23-/m0/s1. The highest BCUT2D eigenvalue weighted by Gasteiger charge is 2.20. The van der Waals surface area contributed by atoms with Crippen molar-refractivity contribution in [2.45, 2.75) is 25.0 Å². The molecule has 6 nitrogen and oxygen atoms in total. The summed E-state index contributed by atoms with van der Waals surface area (Å²) in [5.41, 5.74) is 2.80. The van der Waals surface area contributed by atoms with Gasteiger partial charge < -0.3 is 10.1 Å². The summed E-state index contributed by atoms with van der Waals surface area (Å²) in [5.74, 6) is 1.05.